The molecule has 0 saturated heterocycles. The molecule has 0 unspecified atom stereocenters. The average molecular weight is 291 g/mol. The minimum absolute atomic E-state index is 0.179. The summed E-state index contributed by atoms with van der Waals surface area (Å²) in [6.07, 6.45) is 6.22. The molecule has 19 heavy (non-hydrogen) atoms. The number of hydrogen-bond acceptors (Lipinski definition) is 5. The van der Waals surface area contributed by atoms with E-state index < -0.39 is 0 Å². The van der Waals surface area contributed by atoms with Crippen molar-refractivity contribution in [3.63, 3.8) is 0 Å². The first-order valence-corrected chi connectivity index (χ1v) is 7.25. The number of hydrogen-bond donors (Lipinski definition) is 0. The minimum atomic E-state index is 0.179. The molecule has 0 aliphatic carbocycles. The van der Waals surface area contributed by atoms with Crippen LogP contribution in [-0.2, 0) is 6.42 Å². The highest BCUT2D eigenvalue weighted by molar-refractivity contribution is 7.98. The first-order chi connectivity index (χ1) is 9.19. The summed E-state index contributed by atoms with van der Waals surface area (Å²) in [6.45, 7) is 2.05. The number of halogens is 1. The number of aromatic nitrogens is 3. The highest BCUT2D eigenvalue weighted by atomic mass is 35.5. The zero-order valence-corrected chi connectivity index (χ0v) is 12.1. The van der Waals surface area contributed by atoms with Gasteiger partial charge in [0.05, 0.1) is 5.69 Å². The molecular weight excluding hydrogens is 280 g/mol. The van der Waals surface area contributed by atoms with Crippen molar-refractivity contribution < 1.29 is 0 Å². The number of nitriles is 1. The molecular formula is C13H11ClN4S. The van der Waals surface area contributed by atoms with E-state index in [1.54, 1.807) is 12.4 Å². The molecule has 0 aromatic carbocycles. The van der Waals surface area contributed by atoms with Gasteiger partial charge in [-0.25, -0.2) is 9.97 Å². The maximum atomic E-state index is 9.21. The third-order valence-corrected chi connectivity index (χ3v) is 3.44. The van der Waals surface area contributed by atoms with Crippen molar-refractivity contribution in [1.29, 1.82) is 5.26 Å². The van der Waals surface area contributed by atoms with Gasteiger partial charge in [-0.3, -0.25) is 4.98 Å². The minimum Gasteiger partial charge on any atom is -0.264 e. The molecule has 0 N–H and O–H groups in total. The number of thioether (sulfide) groups is 1. The van der Waals surface area contributed by atoms with Gasteiger partial charge in [-0.05, 0) is 24.3 Å². The molecule has 2 heterocycles. The van der Waals surface area contributed by atoms with Gasteiger partial charge in [0.25, 0.3) is 0 Å². The zero-order valence-electron chi connectivity index (χ0n) is 10.5. The second kappa shape index (κ2) is 6.00. The van der Waals surface area contributed by atoms with Crippen LogP contribution in [0.4, 0.5) is 0 Å². The summed E-state index contributed by atoms with van der Waals surface area (Å²) < 4.78 is 0. The van der Waals surface area contributed by atoms with Gasteiger partial charge >= 0.3 is 0 Å². The van der Waals surface area contributed by atoms with E-state index in [2.05, 4.69) is 21.0 Å². The molecule has 0 fully saturated rings. The van der Waals surface area contributed by atoms with E-state index in [1.807, 2.05) is 19.2 Å². The highest BCUT2D eigenvalue weighted by Gasteiger charge is 2.14. The van der Waals surface area contributed by atoms with Gasteiger partial charge in [0, 0.05) is 18.0 Å². The van der Waals surface area contributed by atoms with Crippen LogP contribution in [0.3, 0.4) is 0 Å². The van der Waals surface area contributed by atoms with Crippen LogP contribution in [0.25, 0.3) is 11.3 Å². The molecule has 4 nitrogen and oxygen atoms in total. The van der Waals surface area contributed by atoms with Crippen LogP contribution in [0, 0.1) is 11.3 Å². The number of rotatable bonds is 3. The smallest absolute Gasteiger partial charge is 0.189 e. The van der Waals surface area contributed by atoms with Crippen LogP contribution < -0.4 is 0 Å². The molecule has 0 spiro atoms. The van der Waals surface area contributed by atoms with Gasteiger partial charge in [0.1, 0.15) is 11.6 Å². The fourth-order valence-electron chi connectivity index (χ4n) is 1.62. The Labute approximate surface area is 120 Å². The maximum Gasteiger partial charge on any atom is 0.189 e. The quantitative estimate of drug-likeness (QED) is 0.493. The van der Waals surface area contributed by atoms with Crippen LogP contribution in [0.15, 0.2) is 23.6 Å². The molecule has 0 amide bonds. The van der Waals surface area contributed by atoms with Gasteiger partial charge < -0.3 is 0 Å². The molecule has 96 valence electrons. The van der Waals surface area contributed by atoms with Crippen molar-refractivity contribution in [3.8, 4) is 17.3 Å². The molecule has 0 aliphatic heterocycles. The summed E-state index contributed by atoms with van der Waals surface area (Å²) in [6, 6.07) is 4.03. The van der Waals surface area contributed by atoms with Crippen molar-refractivity contribution in [2.45, 2.75) is 18.5 Å². The second-order valence-electron chi connectivity index (χ2n) is 3.77. The lowest BCUT2D eigenvalue weighted by Gasteiger charge is -2.07. The highest BCUT2D eigenvalue weighted by Crippen LogP contribution is 2.28. The van der Waals surface area contributed by atoms with Crippen molar-refractivity contribution in [1.82, 2.24) is 15.0 Å². The second-order valence-corrected chi connectivity index (χ2v) is 4.90. The van der Waals surface area contributed by atoms with E-state index >= 15 is 0 Å². The molecule has 0 saturated carbocycles. The molecule has 2 rings (SSSR count). The topological polar surface area (TPSA) is 62.5 Å². The number of nitrogens with zero attached hydrogens (tertiary/aromatic N) is 4. The van der Waals surface area contributed by atoms with Gasteiger partial charge in [-0.15, -0.1) is 0 Å². The largest absolute Gasteiger partial charge is 0.264 e. The SMILES string of the molecule is CCc1cncc(-c2nc(SC)nc(Cl)c2C#N)c1. The Morgan fingerprint density at radius 3 is 2.79 bits per heavy atom. The Hall–Kier alpha value is -1.64. The Balaban J connectivity index is 2.66. The Morgan fingerprint density at radius 2 is 2.16 bits per heavy atom. The van der Waals surface area contributed by atoms with Crippen LogP contribution in [0.5, 0.6) is 0 Å². The molecule has 0 bridgehead atoms. The first kappa shape index (κ1) is 13.8. The molecule has 6 heteroatoms. The Kier molecular flexibility index (Phi) is 4.35. The number of pyridine rings is 1. The molecule has 2 aromatic heterocycles. The van der Waals surface area contributed by atoms with E-state index in [-0.39, 0.29) is 10.7 Å². The van der Waals surface area contributed by atoms with E-state index in [1.165, 1.54) is 11.8 Å². The molecule has 2 aromatic rings. The first-order valence-electron chi connectivity index (χ1n) is 5.65. The summed E-state index contributed by atoms with van der Waals surface area (Å²) >= 11 is 7.41. The van der Waals surface area contributed by atoms with E-state index in [9.17, 15) is 5.26 Å². The van der Waals surface area contributed by atoms with Crippen LogP contribution in [0.2, 0.25) is 5.15 Å². The summed E-state index contributed by atoms with van der Waals surface area (Å²) in [5.41, 5.74) is 2.70. The monoisotopic (exact) mass is 290 g/mol. The van der Waals surface area contributed by atoms with Gasteiger partial charge in [0.2, 0.25) is 0 Å². The summed E-state index contributed by atoms with van der Waals surface area (Å²) in [7, 11) is 0. The lowest BCUT2D eigenvalue weighted by Crippen LogP contribution is -1.97. The van der Waals surface area contributed by atoms with E-state index in [0.717, 1.165) is 17.5 Å². The van der Waals surface area contributed by atoms with Gasteiger partial charge in [-0.1, -0.05) is 30.3 Å². The summed E-state index contributed by atoms with van der Waals surface area (Å²) in [5, 5.41) is 9.93. The third-order valence-electron chi connectivity index (χ3n) is 2.62. The van der Waals surface area contributed by atoms with Crippen molar-refractivity contribution in [3.05, 3.63) is 34.7 Å². The Morgan fingerprint density at radius 1 is 1.37 bits per heavy atom. The average Bonchev–Trinajstić information content (AvgIpc) is 2.46. The fraction of sp³-hybridized carbons (Fsp3) is 0.231. The summed E-state index contributed by atoms with van der Waals surface area (Å²) in [4.78, 5) is 12.6. The van der Waals surface area contributed by atoms with Crippen LogP contribution in [-0.4, -0.2) is 21.2 Å². The predicted octanol–water partition coefficient (Wildman–Crippen LogP) is 3.35. The van der Waals surface area contributed by atoms with Crippen LogP contribution in [0.1, 0.15) is 18.1 Å². The van der Waals surface area contributed by atoms with Crippen molar-refractivity contribution in [2.75, 3.05) is 6.26 Å². The Bertz CT molecular complexity index is 652. The molecule has 0 atom stereocenters. The molecule has 0 aliphatic rings. The zero-order chi connectivity index (χ0) is 13.8. The van der Waals surface area contributed by atoms with Crippen LogP contribution >= 0.6 is 23.4 Å². The normalized spacial score (nSPS) is 10.2. The maximum absolute atomic E-state index is 9.21. The standard InChI is InChI=1S/C13H11ClN4S/c1-3-8-4-9(7-16-6-8)11-10(5-15)12(14)18-13(17-11)19-2/h4,6-7H,3H2,1-2H3. The lowest BCUT2D eigenvalue weighted by atomic mass is 10.1. The third kappa shape index (κ3) is 2.86. The van der Waals surface area contributed by atoms with Crippen molar-refractivity contribution >= 4 is 23.4 Å². The summed E-state index contributed by atoms with van der Waals surface area (Å²) in [5.74, 6) is 0. The van der Waals surface area contributed by atoms with Gasteiger partial charge in [0.15, 0.2) is 10.3 Å². The lowest BCUT2D eigenvalue weighted by molar-refractivity contribution is 0.967. The van der Waals surface area contributed by atoms with E-state index in [4.69, 9.17) is 11.6 Å². The molecule has 0 radical (unpaired) electrons. The number of aryl methyl sites for hydroxylation is 1. The van der Waals surface area contributed by atoms with E-state index in [0.29, 0.717) is 10.9 Å². The fourth-order valence-corrected chi connectivity index (χ4v) is 2.25. The van der Waals surface area contributed by atoms with Crippen molar-refractivity contribution in [2.24, 2.45) is 0 Å². The predicted molar refractivity (Wildman–Crippen MR) is 76.1 cm³/mol. The van der Waals surface area contributed by atoms with Gasteiger partial charge in [-0.2, -0.15) is 5.26 Å².